The Kier molecular flexibility index (Phi) is 7.34. The average Bonchev–Trinajstić information content (AvgIpc) is 3.58. The number of benzene rings is 8. The highest BCUT2D eigenvalue weighted by Crippen LogP contribution is 2.47. The van der Waals surface area contributed by atoms with Crippen LogP contribution in [0.15, 0.2) is 127 Å². The van der Waals surface area contributed by atoms with Crippen LogP contribution in [0.5, 0.6) is 11.5 Å². The molecular weight excluding hydrogens is 632 g/mol. The predicted octanol–water partition coefficient (Wildman–Crippen LogP) is 4.24. The van der Waals surface area contributed by atoms with E-state index in [1.165, 1.54) is 5.46 Å². The van der Waals surface area contributed by atoms with Crippen molar-refractivity contribution in [3.8, 4) is 50.8 Å². The highest BCUT2D eigenvalue weighted by Gasteiger charge is 2.26. The minimum absolute atomic E-state index is 0.0499. The van der Waals surface area contributed by atoms with E-state index in [0.29, 0.717) is 10.8 Å². The number of aromatic hydroxyl groups is 2. The van der Waals surface area contributed by atoms with E-state index in [1.807, 2.05) is 26.9 Å². The molecule has 0 aliphatic rings. The molecule has 0 unspecified atom stereocenters. The summed E-state index contributed by atoms with van der Waals surface area (Å²) in [5.41, 5.74) is 13.5. The lowest BCUT2D eigenvalue weighted by Crippen LogP contribution is -2.41. The molecule has 0 saturated carbocycles. The van der Waals surface area contributed by atoms with E-state index < -0.39 is 0 Å². The molecule has 0 radical (unpaired) electrons. The van der Waals surface area contributed by atoms with Crippen LogP contribution in [-0.4, -0.2) is 51.1 Å². The fraction of sp³-hybridized carbons (Fsp3) is 0.0227. The van der Waals surface area contributed by atoms with Crippen molar-refractivity contribution in [2.24, 2.45) is 0 Å². The summed E-state index contributed by atoms with van der Waals surface area (Å²) in [7, 11) is 8.30. The monoisotopic (exact) mass is 666 g/mol. The second-order valence-electron chi connectivity index (χ2n) is 14.0. The molecule has 0 aliphatic carbocycles. The fourth-order valence-corrected chi connectivity index (χ4v) is 8.39. The molecule has 4 nitrogen and oxygen atoms in total. The van der Waals surface area contributed by atoms with Gasteiger partial charge in [0.05, 0.1) is 11.0 Å². The smallest absolute Gasteiger partial charge is 0.165 e. The van der Waals surface area contributed by atoms with E-state index in [1.54, 1.807) is 0 Å². The number of aryl methyl sites for hydroxylation is 1. The van der Waals surface area contributed by atoms with Gasteiger partial charge in [-0.2, -0.15) is 0 Å². The van der Waals surface area contributed by atoms with Crippen molar-refractivity contribution in [1.82, 2.24) is 9.55 Å². The summed E-state index contributed by atoms with van der Waals surface area (Å²) < 4.78 is 2.23. The van der Waals surface area contributed by atoms with Crippen LogP contribution in [0.3, 0.4) is 0 Å². The largest absolute Gasteiger partial charge is 0.505 e. The number of phenols is 2. The number of imidazole rings is 1. The van der Waals surface area contributed by atoms with E-state index in [0.717, 1.165) is 93.8 Å². The first-order valence-electron chi connectivity index (χ1n) is 17.8. The van der Waals surface area contributed by atoms with E-state index in [2.05, 4.69) is 143 Å². The van der Waals surface area contributed by atoms with E-state index in [9.17, 15) is 10.2 Å². The number of fused-ring (bicyclic) bond motifs is 4. The summed E-state index contributed by atoms with van der Waals surface area (Å²) >= 11 is 0. The van der Waals surface area contributed by atoms with E-state index in [4.69, 9.17) is 4.98 Å². The van der Waals surface area contributed by atoms with Gasteiger partial charge in [0.25, 0.3) is 0 Å². The number of hydrogen-bond acceptors (Lipinski definition) is 3. The molecule has 0 atom stereocenters. The van der Waals surface area contributed by atoms with Crippen molar-refractivity contribution in [3.05, 3.63) is 133 Å². The van der Waals surface area contributed by atoms with Gasteiger partial charge in [0.2, 0.25) is 0 Å². The summed E-state index contributed by atoms with van der Waals surface area (Å²) in [6, 6.07) is 44.6. The van der Waals surface area contributed by atoms with E-state index >= 15 is 0 Å². The molecule has 8 aromatic carbocycles. The maximum Gasteiger partial charge on any atom is 0.165 e. The van der Waals surface area contributed by atoms with Crippen LogP contribution in [-0.2, 0) is 0 Å². The zero-order valence-electron chi connectivity index (χ0n) is 29.9. The summed E-state index contributed by atoms with van der Waals surface area (Å²) in [4.78, 5) is 5.10. The molecular formula is C44H34B4N2O2. The topological polar surface area (TPSA) is 58.3 Å². The number of hydrogen-bond donors (Lipinski definition) is 2. The molecule has 0 spiro atoms. The SMILES string of the molecule is Bc1c(B)c(C)c2c(O)c(O)c(B)c(-c3c4ccccc4c(-c4ccc(-c5nc6ccccc6n5-c5ccccc5)cc4)c4ccccc34)c2c1B. The Morgan fingerprint density at radius 1 is 0.481 bits per heavy atom. The maximum atomic E-state index is 11.5. The molecule has 8 heteroatoms. The van der Waals surface area contributed by atoms with Crippen LogP contribution in [0.1, 0.15) is 5.56 Å². The Bertz CT molecular complexity index is 2860. The first kappa shape index (κ1) is 31.8. The lowest BCUT2D eigenvalue weighted by atomic mass is 9.65. The Balaban J connectivity index is 1.32. The van der Waals surface area contributed by atoms with Gasteiger partial charge in [0.15, 0.2) is 11.5 Å². The van der Waals surface area contributed by atoms with Crippen molar-refractivity contribution in [2.75, 3.05) is 0 Å². The normalized spacial score (nSPS) is 11.6. The quantitative estimate of drug-likeness (QED) is 0.168. The van der Waals surface area contributed by atoms with Crippen molar-refractivity contribution in [2.45, 2.75) is 6.92 Å². The number of para-hydroxylation sites is 3. The zero-order valence-corrected chi connectivity index (χ0v) is 29.9. The van der Waals surface area contributed by atoms with Gasteiger partial charge in [0, 0.05) is 16.6 Å². The number of rotatable bonds is 4. The standard InChI is InChI=1S/C44H34B4N2O2/c1-23-33-36(39(46)41(48)38(23)45)37(40(47)43(52)42(33)51)35-29-15-7-5-13-27(29)34(28-14-6-8-16-30(28)35)24-19-21-25(22-20-24)44-49-31-17-9-10-18-32(31)50(44)26-11-3-2-4-12-26/h2-22,51-52H,45-48H2,1H3. The van der Waals surface area contributed by atoms with Crippen molar-refractivity contribution in [1.29, 1.82) is 0 Å². The number of phenolic OH excluding ortho intramolecular Hbond substituents is 2. The van der Waals surface area contributed by atoms with Crippen LogP contribution in [0.4, 0.5) is 0 Å². The third-order valence-electron chi connectivity index (χ3n) is 11.3. The minimum atomic E-state index is -0.0670. The first-order chi connectivity index (χ1) is 25.3. The van der Waals surface area contributed by atoms with Gasteiger partial charge in [-0.15, -0.1) is 5.46 Å². The molecule has 0 amide bonds. The molecule has 0 fully saturated rings. The van der Waals surface area contributed by atoms with Crippen LogP contribution in [0.2, 0.25) is 0 Å². The van der Waals surface area contributed by atoms with Gasteiger partial charge in [0.1, 0.15) is 37.2 Å². The molecule has 1 heterocycles. The highest BCUT2D eigenvalue weighted by atomic mass is 16.3. The summed E-state index contributed by atoms with van der Waals surface area (Å²) in [6.45, 7) is 2.04. The lowest BCUT2D eigenvalue weighted by molar-refractivity contribution is 0.411. The molecule has 1 aromatic heterocycles. The number of aromatic nitrogens is 2. The van der Waals surface area contributed by atoms with Gasteiger partial charge in [-0.05, 0) is 91.4 Å². The molecule has 0 saturated heterocycles. The Morgan fingerprint density at radius 2 is 1.02 bits per heavy atom. The molecule has 244 valence electrons. The molecule has 9 rings (SSSR count). The molecule has 0 aliphatic heterocycles. The predicted molar refractivity (Wildman–Crippen MR) is 231 cm³/mol. The highest BCUT2D eigenvalue weighted by molar-refractivity contribution is 6.62. The Morgan fingerprint density at radius 3 is 1.65 bits per heavy atom. The van der Waals surface area contributed by atoms with Gasteiger partial charge in [-0.3, -0.25) is 4.57 Å². The van der Waals surface area contributed by atoms with Crippen LogP contribution in [0, 0.1) is 6.92 Å². The van der Waals surface area contributed by atoms with E-state index in [-0.39, 0.29) is 11.5 Å². The van der Waals surface area contributed by atoms with Gasteiger partial charge >= 0.3 is 0 Å². The second-order valence-corrected chi connectivity index (χ2v) is 14.0. The van der Waals surface area contributed by atoms with Gasteiger partial charge in [-0.25, -0.2) is 4.98 Å². The minimum Gasteiger partial charge on any atom is -0.505 e. The Labute approximate surface area is 306 Å². The molecule has 9 aromatic rings. The third kappa shape index (κ3) is 4.57. The third-order valence-corrected chi connectivity index (χ3v) is 11.3. The van der Waals surface area contributed by atoms with Crippen LogP contribution < -0.4 is 21.9 Å². The van der Waals surface area contributed by atoms with Crippen LogP contribution in [0.25, 0.3) is 82.7 Å². The second kappa shape index (κ2) is 12.0. The molecule has 2 N–H and O–H groups in total. The maximum absolute atomic E-state index is 11.5. The Hall–Kier alpha value is -6.13. The zero-order chi connectivity index (χ0) is 35.8. The summed E-state index contributed by atoms with van der Waals surface area (Å²) in [5.74, 6) is 0.781. The first-order valence-corrected chi connectivity index (χ1v) is 17.8. The van der Waals surface area contributed by atoms with Crippen molar-refractivity contribution >= 4 is 96.6 Å². The van der Waals surface area contributed by atoms with Crippen molar-refractivity contribution in [3.63, 3.8) is 0 Å². The summed E-state index contributed by atoms with van der Waals surface area (Å²) in [6.07, 6.45) is 0. The van der Waals surface area contributed by atoms with Gasteiger partial charge in [-0.1, -0.05) is 114 Å². The molecule has 52 heavy (non-hydrogen) atoms. The average molecular weight is 666 g/mol. The summed E-state index contributed by atoms with van der Waals surface area (Å²) in [5, 5.41) is 29.1. The van der Waals surface area contributed by atoms with Crippen LogP contribution >= 0.6 is 0 Å². The lowest BCUT2D eigenvalue weighted by Gasteiger charge is -2.25. The molecule has 0 bridgehead atoms. The van der Waals surface area contributed by atoms with Gasteiger partial charge < -0.3 is 10.2 Å². The van der Waals surface area contributed by atoms with Crippen molar-refractivity contribution < 1.29 is 10.2 Å². The fourth-order valence-electron chi connectivity index (χ4n) is 8.39. The number of nitrogens with zero attached hydrogens (tertiary/aromatic N) is 2.